The predicted molar refractivity (Wildman–Crippen MR) is 37.9 cm³/mol. The van der Waals surface area contributed by atoms with E-state index in [0.29, 0.717) is 11.3 Å². The molecule has 0 bridgehead atoms. The third-order valence-corrected chi connectivity index (χ3v) is 1.14. The lowest BCUT2D eigenvalue weighted by molar-refractivity contribution is -0.00000235. The van der Waals surface area contributed by atoms with Gasteiger partial charge in [-0.15, -0.1) is 0 Å². The molecule has 0 atom stereocenters. The molecule has 0 amide bonds. The van der Waals surface area contributed by atoms with Gasteiger partial charge in [0.1, 0.15) is 0 Å². The van der Waals surface area contributed by atoms with E-state index in [2.05, 4.69) is 5.43 Å². The number of rotatable bonds is 1. The third kappa shape index (κ3) is 2.46. The van der Waals surface area contributed by atoms with E-state index in [1.54, 1.807) is 24.3 Å². The van der Waals surface area contributed by atoms with E-state index in [4.69, 9.17) is 11.1 Å². The maximum Gasteiger partial charge on any atom is 0.0992 e. The molecule has 2 N–H and O–H groups in total. The molecule has 0 aromatic heterocycles. The Kier molecular flexibility index (Phi) is 4.04. The first-order valence-electron chi connectivity index (χ1n) is 2.79. The molecule has 0 spiro atoms. The van der Waals surface area contributed by atoms with Crippen LogP contribution in [-0.4, -0.2) is 0 Å². The van der Waals surface area contributed by atoms with Crippen molar-refractivity contribution in [2.75, 3.05) is 5.43 Å². The van der Waals surface area contributed by atoms with Crippen LogP contribution in [0.1, 0.15) is 5.56 Å². The molecule has 3 nitrogen and oxygen atoms in total. The number of hydrogen-bond acceptors (Lipinski definition) is 2. The minimum Gasteiger partial charge on any atom is -1.00 e. The maximum atomic E-state index is 8.42. The van der Waals surface area contributed by atoms with Gasteiger partial charge < -0.3 is 17.8 Å². The molecular formula is C7H6ClN3-. The normalized spacial score (nSPS) is 7.64. The lowest BCUT2D eigenvalue weighted by atomic mass is 10.2. The summed E-state index contributed by atoms with van der Waals surface area (Å²) in [6.45, 7) is 0. The zero-order valence-corrected chi connectivity index (χ0v) is 6.39. The van der Waals surface area contributed by atoms with Gasteiger partial charge in [-0.2, -0.15) is 11.1 Å². The third-order valence-electron chi connectivity index (χ3n) is 1.14. The summed E-state index contributed by atoms with van der Waals surface area (Å²) in [5.74, 6) is 6.76. The Labute approximate surface area is 71.2 Å². The highest BCUT2D eigenvalue weighted by atomic mass is 35.5. The topological polar surface area (TPSA) is 59.6 Å². The Bertz CT molecular complexity index is 267. The SMILES string of the molecule is N#Cc1cccc(N[NH])c1.[Cl-]. The van der Waals surface area contributed by atoms with Crippen LogP contribution in [0.2, 0.25) is 0 Å². The summed E-state index contributed by atoms with van der Waals surface area (Å²) in [6.07, 6.45) is 0. The van der Waals surface area contributed by atoms with E-state index in [1.807, 2.05) is 6.07 Å². The van der Waals surface area contributed by atoms with E-state index >= 15 is 0 Å². The van der Waals surface area contributed by atoms with Crippen LogP contribution in [0.15, 0.2) is 24.3 Å². The second-order valence-corrected chi connectivity index (χ2v) is 1.82. The second kappa shape index (κ2) is 4.56. The van der Waals surface area contributed by atoms with Gasteiger partial charge in [0.2, 0.25) is 0 Å². The molecule has 1 radical (unpaired) electrons. The molecular weight excluding hydrogens is 162 g/mol. The van der Waals surface area contributed by atoms with E-state index in [0.717, 1.165) is 0 Å². The van der Waals surface area contributed by atoms with Crippen molar-refractivity contribution in [3.05, 3.63) is 29.8 Å². The molecule has 0 fully saturated rings. The van der Waals surface area contributed by atoms with Gasteiger partial charge in [0, 0.05) is 0 Å². The van der Waals surface area contributed by atoms with Gasteiger partial charge in [0.05, 0.1) is 17.3 Å². The van der Waals surface area contributed by atoms with Crippen molar-refractivity contribution in [1.29, 1.82) is 5.26 Å². The zero-order valence-electron chi connectivity index (χ0n) is 5.63. The van der Waals surface area contributed by atoms with Crippen molar-refractivity contribution >= 4 is 5.69 Å². The molecule has 0 heterocycles. The van der Waals surface area contributed by atoms with Gasteiger partial charge in [0.25, 0.3) is 0 Å². The quantitative estimate of drug-likeness (QED) is 0.501. The predicted octanol–water partition coefficient (Wildman–Crippen LogP) is -1.83. The number of halogens is 1. The van der Waals surface area contributed by atoms with Crippen molar-refractivity contribution in [2.24, 2.45) is 0 Å². The fourth-order valence-corrected chi connectivity index (χ4v) is 0.666. The summed E-state index contributed by atoms with van der Waals surface area (Å²) in [4.78, 5) is 0. The van der Waals surface area contributed by atoms with Crippen LogP contribution < -0.4 is 23.7 Å². The average Bonchev–Trinajstić information content (AvgIpc) is 2.05. The van der Waals surface area contributed by atoms with Gasteiger partial charge in [-0.25, -0.2) is 0 Å². The van der Waals surface area contributed by atoms with Crippen LogP contribution in [0.25, 0.3) is 0 Å². The smallest absolute Gasteiger partial charge is 0.0992 e. The zero-order chi connectivity index (χ0) is 7.40. The molecule has 0 unspecified atom stereocenters. The van der Waals surface area contributed by atoms with Crippen LogP contribution in [0.3, 0.4) is 0 Å². The lowest BCUT2D eigenvalue weighted by Crippen LogP contribution is -3.00. The highest BCUT2D eigenvalue weighted by Crippen LogP contribution is 2.07. The Balaban J connectivity index is 0.000001000. The summed E-state index contributed by atoms with van der Waals surface area (Å²) in [7, 11) is 0. The summed E-state index contributed by atoms with van der Waals surface area (Å²) in [5, 5.41) is 8.42. The van der Waals surface area contributed by atoms with E-state index in [9.17, 15) is 0 Å². The number of benzene rings is 1. The lowest BCUT2D eigenvalue weighted by Gasteiger charge is -1.95. The summed E-state index contributed by atoms with van der Waals surface area (Å²) in [6, 6.07) is 8.75. The molecule has 57 valence electrons. The Morgan fingerprint density at radius 2 is 2.18 bits per heavy atom. The minimum atomic E-state index is 0. The number of nitrogens with zero attached hydrogens (tertiary/aromatic N) is 1. The molecule has 1 rings (SSSR count). The van der Waals surface area contributed by atoms with Crippen LogP contribution in [0.4, 0.5) is 5.69 Å². The van der Waals surface area contributed by atoms with Gasteiger partial charge in [-0.3, -0.25) is 0 Å². The van der Waals surface area contributed by atoms with Crippen molar-refractivity contribution in [1.82, 2.24) is 5.84 Å². The van der Waals surface area contributed by atoms with Crippen molar-refractivity contribution < 1.29 is 12.4 Å². The van der Waals surface area contributed by atoms with Gasteiger partial charge in [-0.05, 0) is 18.2 Å². The van der Waals surface area contributed by atoms with E-state index in [-0.39, 0.29) is 12.4 Å². The Morgan fingerprint density at radius 1 is 1.45 bits per heavy atom. The fourth-order valence-electron chi connectivity index (χ4n) is 0.666. The van der Waals surface area contributed by atoms with Crippen molar-refractivity contribution in [3.8, 4) is 6.07 Å². The maximum absolute atomic E-state index is 8.42. The molecule has 0 aliphatic carbocycles. The number of nitrogens with one attached hydrogen (secondary N) is 2. The van der Waals surface area contributed by atoms with Gasteiger partial charge in [0.15, 0.2) is 0 Å². The van der Waals surface area contributed by atoms with Crippen molar-refractivity contribution in [2.45, 2.75) is 0 Å². The minimum absolute atomic E-state index is 0. The molecule has 0 aliphatic rings. The van der Waals surface area contributed by atoms with Crippen molar-refractivity contribution in [3.63, 3.8) is 0 Å². The van der Waals surface area contributed by atoms with Crippen LogP contribution >= 0.6 is 0 Å². The molecule has 1 aromatic rings. The van der Waals surface area contributed by atoms with E-state index in [1.165, 1.54) is 0 Å². The summed E-state index contributed by atoms with van der Waals surface area (Å²) in [5.41, 5.74) is 3.41. The van der Waals surface area contributed by atoms with Crippen LogP contribution in [0.5, 0.6) is 0 Å². The molecule has 1 aromatic carbocycles. The number of nitriles is 1. The average molecular weight is 168 g/mol. The fraction of sp³-hybridized carbons (Fsp3) is 0. The van der Waals surface area contributed by atoms with E-state index < -0.39 is 0 Å². The molecule has 0 saturated carbocycles. The Hall–Kier alpha value is -1.24. The number of anilines is 1. The van der Waals surface area contributed by atoms with Crippen LogP contribution in [-0.2, 0) is 0 Å². The molecule has 4 heteroatoms. The largest absolute Gasteiger partial charge is 1.00 e. The van der Waals surface area contributed by atoms with Gasteiger partial charge >= 0.3 is 0 Å². The standard InChI is InChI=1S/C7H6N3.ClH/c8-5-6-2-1-3-7(4-6)10-9;/h1-4,9-10H;1H/p-1. The summed E-state index contributed by atoms with van der Waals surface area (Å²) >= 11 is 0. The first-order valence-corrected chi connectivity index (χ1v) is 2.79. The van der Waals surface area contributed by atoms with Gasteiger partial charge in [-0.1, -0.05) is 6.07 Å². The monoisotopic (exact) mass is 167 g/mol. The second-order valence-electron chi connectivity index (χ2n) is 1.82. The highest BCUT2D eigenvalue weighted by Gasteiger charge is 1.89. The van der Waals surface area contributed by atoms with Crippen LogP contribution in [0, 0.1) is 11.3 Å². The molecule has 0 aliphatic heterocycles. The number of hydrogen-bond donors (Lipinski definition) is 1. The first kappa shape index (κ1) is 9.76. The Morgan fingerprint density at radius 3 is 2.73 bits per heavy atom. The molecule has 0 saturated heterocycles. The summed E-state index contributed by atoms with van der Waals surface area (Å²) < 4.78 is 0. The molecule has 11 heavy (non-hydrogen) atoms. The first-order chi connectivity index (χ1) is 4.86. The highest BCUT2D eigenvalue weighted by molar-refractivity contribution is 5.47.